The van der Waals surface area contributed by atoms with Crippen molar-refractivity contribution < 1.29 is 0 Å². The molecule has 1 atom stereocenters. The van der Waals surface area contributed by atoms with Crippen LogP contribution in [0.15, 0.2) is 30.6 Å². The lowest BCUT2D eigenvalue weighted by Gasteiger charge is -2.10. The van der Waals surface area contributed by atoms with Gasteiger partial charge in [0.05, 0.1) is 15.2 Å². The normalized spacial score (nSPS) is 12.8. The fourth-order valence-corrected chi connectivity index (χ4v) is 3.61. The second-order valence-electron chi connectivity index (χ2n) is 6.03. The van der Waals surface area contributed by atoms with Gasteiger partial charge in [0.15, 0.2) is 0 Å². The highest BCUT2D eigenvalue weighted by Crippen LogP contribution is 2.32. The lowest BCUT2D eigenvalue weighted by Crippen LogP contribution is -2.15. The number of hydrogen-bond acceptors (Lipinski definition) is 5. The van der Waals surface area contributed by atoms with E-state index in [1.54, 1.807) is 11.3 Å². The standard InChI is InChI=1S/C18H19N5S/c1-4-10(2)21-18-20-9-14-13(8-19-17(14)23-18)12-5-6-15-16(7-12)24-11(3)22-15/h5-10H,4H2,1-3H3,(H2,19,20,21,23)/t10-/m0/s1. The molecule has 0 unspecified atom stereocenters. The Hall–Kier alpha value is -2.47. The van der Waals surface area contributed by atoms with Gasteiger partial charge in [0, 0.05) is 29.4 Å². The number of H-pyrrole nitrogens is 1. The van der Waals surface area contributed by atoms with Gasteiger partial charge in [-0.25, -0.2) is 9.97 Å². The van der Waals surface area contributed by atoms with E-state index in [-0.39, 0.29) is 0 Å². The molecule has 0 aliphatic carbocycles. The Kier molecular flexibility index (Phi) is 3.69. The molecule has 122 valence electrons. The number of rotatable bonds is 4. The van der Waals surface area contributed by atoms with E-state index in [9.17, 15) is 0 Å². The largest absolute Gasteiger partial charge is 0.352 e. The summed E-state index contributed by atoms with van der Waals surface area (Å²) in [6.45, 7) is 6.30. The molecule has 5 nitrogen and oxygen atoms in total. The summed E-state index contributed by atoms with van der Waals surface area (Å²) < 4.78 is 1.20. The number of thiazole rings is 1. The first kappa shape index (κ1) is 15.1. The Bertz CT molecular complexity index is 1020. The highest BCUT2D eigenvalue weighted by molar-refractivity contribution is 7.18. The molecule has 0 fully saturated rings. The van der Waals surface area contributed by atoms with Gasteiger partial charge >= 0.3 is 0 Å². The molecule has 2 N–H and O–H groups in total. The Morgan fingerprint density at radius 2 is 2.17 bits per heavy atom. The molecule has 3 aromatic heterocycles. The number of nitrogens with zero attached hydrogens (tertiary/aromatic N) is 3. The van der Waals surface area contributed by atoms with Gasteiger partial charge in [0.1, 0.15) is 5.65 Å². The third kappa shape index (κ3) is 2.63. The van der Waals surface area contributed by atoms with E-state index >= 15 is 0 Å². The number of nitrogens with one attached hydrogen (secondary N) is 2. The van der Waals surface area contributed by atoms with Gasteiger partial charge in [-0.3, -0.25) is 0 Å². The van der Waals surface area contributed by atoms with Crippen LogP contribution >= 0.6 is 11.3 Å². The number of aromatic nitrogens is 4. The zero-order chi connectivity index (χ0) is 16.7. The summed E-state index contributed by atoms with van der Waals surface area (Å²) in [6.07, 6.45) is 4.92. The second kappa shape index (κ2) is 5.87. The molecule has 24 heavy (non-hydrogen) atoms. The Balaban J connectivity index is 1.75. The van der Waals surface area contributed by atoms with Crippen molar-refractivity contribution in [2.45, 2.75) is 33.2 Å². The Labute approximate surface area is 144 Å². The smallest absolute Gasteiger partial charge is 0.224 e. The summed E-state index contributed by atoms with van der Waals surface area (Å²) in [7, 11) is 0. The van der Waals surface area contributed by atoms with Crippen molar-refractivity contribution in [2.75, 3.05) is 5.32 Å². The third-order valence-corrected chi connectivity index (χ3v) is 5.16. The number of aryl methyl sites for hydroxylation is 1. The fourth-order valence-electron chi connectivity index (χ4n) is 2.75. The minimum atomic E-state index is 0.355. The summed E-state index contributed by atoms with van der Waals surface area (Å²) >= 11 is 1.72. The number of aromatic amines is 1. The van der Waals surface area contributed by atoms with Crippen molar-refractivity contribution in [3.63, 3.8) is 0 Å². The molecule has 4 rings (SSSR count). The molecule has 0 saturated carbocycles. The van der Waals surface area contributed by atoms with E-state index in [0.717, 1.165) is 39.1 Å². The second-order valence-corrected chi connectivity index (χ2v) is 7.26. The zero-order valence-electron chi connectivity index (χ0n) is 13.9. The van der Waals surface area contributed by atoms with Crippen LogP contribution < -0.4 is 5.32 Å². The number of benzene rings is 1. The lowest BCUT2D eigenvalue weighted by atomic mass is 10.1. The highest BCUT2D eigenvalue weighted by Gasteiger charge is 2.11. The minimum Gasteiger partial charge on any atom is -0.352 e. The first-order valence-corrected chi connectivity index (χ1v) is 8.94. The van der Waals surface area contributed by atoms with Crippen LogP contribution in [-0.2, 0) is 0 Å². The van der Waals surface area contributed by atoms with E-state index in [1.165, 1.54) is 4.70 Å². The van der Waals surface area contributed by atoms with E-state index < -0.39 is 0 Å². The molecule has 0 amide bonds. The zero-order valence-corrected chi connectivity index (χ0v) is 14.7. The molecular weight excluding hydrogens is 318 g/mol. The Morgan fingerprint density at radius 3 is 3.00 bits per heavy atom. The van der Waals surface area contributed by atoms with E-state index in [2.05, 4.69) is 57.3 Å². The summed E-state index contributed by atoms with van der Waals surface area (Å²) in [5, 5.41) is 5.43. The molecular formula is C18H19N5S. The highest BCUT2D eigenvalue weighted by atomic mass is 32.1. The van der Waals surface area contributed by atoms with Crippen LogP contribution in [0, 0.1) is 6.92 Å². The number of hydrogen-bond donors (Lipinski definition) is 2. The van der Waals surface area contributed by atoms with Gasteiger partial charge in [0.2, 0.25) is 5.95 Å². The maximum absolute atomic E-state index is 4.59. The van der Waals surface area contributed by atoms with Crippen LogP contribution in [0.4, 0.5) is 5.95 Å². The molecule has 0 aliphatic rings. The van der Waals surface area contributed by atoms with Gasteiger partial charge in [-0.05, 0) is 38.0 Å². The van der Waals surface area contributed by atoms with Crippen molar-refractivity contribution in [1.29, 1.82) is 0 Å². The van der Waals surface area contributed by atoms with Crippen LogP contribution in [0.5, 0.6) is 0 Å². The van der Waals surface area contributed by atoms with Crippen LogP contribution in [-0.4, -0.2) is 26.0 Å². The average Bonchev–Trinajstić information content (AvgIpc) is 3.15. The van der Waals surface area contributed by atoms with Crippen LogP contribution in [0.2, 0.25) is 0 Å². The summed E-state index contributed by atoms with van der Waals surface area (Å²) in [5.74, 6) is 0.666. The predicted octanol–water partition coefficient (Wildman–Crippen LogP) is 4.75. The van der Waals surface area contributed by atoms with E-state index in [4.69, 9.17) is 0 Å². The predicted molar refractivity (Wildman–Crippen MR) is 101 cm³/mol. The summed E-state index contributed by atoms with van der Waals surface area (Å²) in [6, 6.07) is 6.73. The topological polar surface area (TPSA) is 66.5 Å². The van der Waals surface area contributed by atoms with Gasteiger partial charge < -0.3 is 10.3 Å². The molecule has 4 aromatic rings. The quantitative estimate of drug-likeness (QED) is 0.564. The molecule has 3 heterocycles. The average molecular weight is 337 g/mol. The van der Waals surface area contributed by atoms with Gasteiger partial charge in [-0.15, -0.1) is 11.3 Å². The van der Waals surface area contributed by atoms with Crippen molar-refractivity contribution in [3.05, 3.63) is 35.6 Å². The minimum absolute atomic E-state index is 0.355. The maximum atomic E-state index is 4.59. The summed E-state index contributed by atoms with van der Waals surface area (Å²) in [4.78, 5) is 16.8. The molecule has 6 heteroatoms. The van der Waals surface area contributed by atoms with Gasteiger partial charge in [0.25, 0.3) is 0 Å². The molecule has 0 saturated heterocycles. The maximum Gasteiger partial charge on any atom is 0.224 e. The van der Waals surface area contributed by atoms with Gasteiger partial charge in [-0.1, -0.05) is 13.0 Å². The number of anilines is 1. The Morgan fingerprint density at radius 1 is 1.29 bits per heavy atom. The molecule has 1 aromatic carbocycles. The molecule has 0 radical (unpaired) electrons. The lowest BCUT2D eigenvalue weighted by molar-refractivity contribution is 0.754. The first-order valence-electron chi connectivity index (χ1n) is 8.12. The molecule has 0 spiro atoms. The van der Waals surface area contributed by atoms with Crippen molar-refractivity contribution in [3.8, 4) is 11.1 Å². The monoisotopic (exact) mass is 337 g/mol. The van der Waals surface area contributed by atoms with Gasteiger partial charge in [-0.2, -0.15) is 4.98 Å². The van der Waals surface area contributed by atoms with Crippen molar-refractivity contribution >= 4 is 38.5 Å². The SMILES string of the molecule is CC[C@H](C)Nc1ncc2c(-c3ccc4nc(C)sc4c3)c[nH]c2n1. The van der Waals surface area contributed by atoms with E-state index in [1.807, 2.05) is 19.3 Å². The molecule has 0 aliphatic heterocycles. The third-order valence-electron chi connectivity index (χ3n) is 4.23. The number of fused-ring (bicyclic) bond motifs is 2. The first-order chi connectivity index (χ1) is 11.6. The molecule has 0 bridgehead atoms. The van der Waals surface area contributed by atoms with Crippen LogP contribution in [0.25, 0.3) is 32.4 Å². The van der Waals surface area contributed by atoms with Crippen LogP contribution in [0.1, 0.15) is 25.3 Å². The fraction of sp³-hybridized carbons (Fsp3) is 0.278. The van der Waals surface area contributed by atoms with Crippen molar-refractivity contribution in [1.82, 2.24) is 19.9 Å². The van der Waals surface area contributed by atoms with E-state index in [0.29, 0.717) is 12.0 Å². The van der Waals surface area contributed by atoms with Crippen LogP contribution in [0.3, 0.4) is 0 Å². The van der Waals surface area contributed by atoms with Crippen molar-refractivity contribution in [2.24, 2.45) is 0 Å². The summed E-state index contributed by atoms with van der Waals surface area (Å²) in [5.41, 5.74) is 4.18.